The molecule has 0 saturated carbocycles. The highest BCUT2D eigenvalue weighted by Crippen LogP contribution is 2.28. The predicted molar refractivity (Wildman–Crippen MR) is 112 cm³/mol. The summed E-state index contributed by atoms with van der Waals surface area (Å²) >= 11 is 12.1. The lowest BCUT2D eigenvalue weighted by atomic mass is 10.0. The molecule has 1 unspecified atom stereocenters. The Labute approximate surface area is 177 Å². The molecule has 6 heteroatoms. The number of nitrogens with one attached hydrogen (secondary N) is 1. The van der Waals surface area contributed by atoms with E-state index in [1.165, 1.54) is 4.90 Å². The second kappa shape index (κ2) is 10.1. The van der Waals surface area contributed by atoms with Gasteiger partial charge in [0.1, 0.15) is 44.1 Å². The van der Waals surface area contributed by atoms with Crippen LogP contribution in [-0.2, 0) is 9.47 Å². The van der Waals surface area contributed by atoms with E-state index in [1.807, 2.05) is 48.5 Å². The van der Waals surface area contributed by atoms with E-state index in [2.05, 4.69) is 13.8 Å². The molecule has 4 nitrogen and oxygen atoms in total. The molecule has 1 aliphatic heterocycles. The third-order valence-corrected chi connectivity index (χ3v) is 5.45. The second-order valence-corrected chi connectivity index (χ2v) is 8.46. The molecule has 2 N–H and O–H groups in total. The molecule has 2 aromatic rings. The van der Waals surface area contributed by atoms with Crippen LogP contribution in [-0.4, -0.2) is 49.7 Å². The number of benzene rings is 2. The minimum absolute atomic E-state index is 0.211. The van der Waals surface area contributed by atoms with Gasteiger partial charge < -0.3 is 19.5 Å². The molecular weight excluding hydrogens is 397 g/mol. The first-order chi connectivity index (χ1) is 13.4. The van der Waals surface area contributed by atoms with Crippen molar-refractivity contribution in [2.75, 3.05) is 26.2 Å². The molecule has 0 amide bonds. The molecule has 1 saturated heterocycles. The Morgan fingerprint density at radius 1 is 0.964 bits per heavy atom. The number of hydrogen-bond acceptors (Lipinski definition) is 3. The van der Waals surface area contributed by atoms with Gasteiger partial charge in [-0.25, -0.2) is 0 Å². The summed E-state index contributed by atoms with van der Waals surface area (Å²) in [6, 6.07) is 15.2. The van der Waals surface area contributed by atoms with Crippen molar-refractivity contribution in [3.8, 4) is 0 Å². The Morgan fingerprint density at radius 2 is 1.43 bits per heavy atom. The van der Waals surface area contributed by atoms with Crippen molar-refractivity contribution in [3.05, 3.63) is 69.7 Å². The summed E-state index contributed by atoms with van der Waals surface area (Å²) in [5, 5.41) is 11.9. The fraction of sp³-hybridized carbons (Fsp3) is 0.455. The maximum atomic E-state index is 10.6. The van der Waals surface area contributed by atoms with Crippen LogP contribution in [0.2, 0.25) is 10.0 Å². The standard InChI is InChI=1S/C22H27Cl2NO3/c1-15-11-25(12-16(2)28-15)13-21(26)14-27-22(17-3-7-19(23)8-4-17)18-5-9-20(24)10-6-18/h3-10,15-16,21-22,26H,11-14H2,1-2H3/p+1/t15-,16+,21-/m0/s1. The van der Waals surface area contributed by atoms with Crippen molar-refractivity contribution in [1.29, 1.82) is 0 Å². The van der Waals surface area contributed by atoms with E-state index in [-0.39, 0.29) is 24.9 Å². The molecule has 0 aromatic heterocycles. The van der Waals surface area contributed by atoms with Gasteiger partial charge >= 0.3 is 0 Å². The summed E-state index contributed by atoms with van der Waals surface area (Å²) in [6.45, 7) is 6.86. The fourth-order valence-corrected chi connectivity index (χ4v) is 4.07. The molecule has 0 bridgehead atoms. The van der Waals surface area contributed by atoms with Gasteiger partial charge in [-0.05, 0) is 49.2 Å². The van der Waals surface area contributed by atoms with Gasteiger partial charge in [-0.15, -0.1) is 0 Å². The Kier molecular flexibility index (Phi) is 7.75. The fourth-order valence-electron chi connectivity index (χ4n) is 3.82. The Morgan fingerprint density at radius 3 is 1.89 bits per heavy atom. The van der Waals surface area contributed by atoms with Crippen LogP contribution in [0.1, 0.15) is 31.1 Å². The predicted octanol–water partition coefficient (Wildman–Crippen LogP) is 3.15. The number of morpholine rings is 1. The number of halogens is 2. The number of aliphatic hydroxyl groups is 1. The van der Waals surface area contributed by atoms with Gasteiger partial charge in [0.15, 0.2) is 0 Å². The molecule has 2 aromatic carbocycles. The lowest BCUT2D eigenvalue weighted by Crippen LogP contribution is -3.16. The molecule has 1 heterocycles. The highest BCUT2D eigenvalue weighted by Gasteiger charge is 2.28. The zero-order chi connectivity index (χ0) is 20.1. The summed E-state index contributed by atoms with van der Waals surface area (Å²) in [7, 11) is 0. The largest absolute Gasteiger partial charge is 0.385 e. The molecule has 152 valence electrons. The average Bonchev–Trinajstić information content (AvgIpc) is 2.64. The van der Waals surface area contributed by atoms with E-state index in [1.54, 1.807) is 0 Å². The van der Waals surface area contributed by atoms with Crippen LogP contribution in [0.25, 0.3) is 0 Å². The lowest BCUT2D eigenvalue weighted by Gasteiger charge is -2.33. The molecule has 28 heavy (non-hydrogen) atoms. The van der Waals surface area contributed by atoms with Crippen molar-refractivity contribution < 1.29 is 19.5 Å². The third-order valence-electron chi connectivity index (χ3n) is 4.94. The van der Waals surface area contributed by atoms with Crippen LogP contribution in [0.3, 0.4) is 0 Å². The molecular formula is C22H28Cl2NO3+. The van der Waals surface area contributed by atoms with E-state index >= 15 is 0 Å². The van der Waals surface area contributed by atoms with Crippen LogP contribution in [0.15, 0.2) is 48.5 Å². The lowest BCUT2D eigenvalue weighted by molar-refractivity contribution is -0.918. The SMILES string of the molecule is C[C@@H]1C[NH+](C[C@H](O)COC(c2ccc(Cl)cc2)c2ccc(Cl)cc2)C[C@H](C)O1. The summed E-state index contributed by atoms with van der Waals surface area (Å²) in [4.78, 5) is 1.34. The molecule has 0 aliphatic carbocycles. The quantitative estimate of drug-likeness (QED) is 0.717. The molecule has 1 aliphatic rings. The van der Waals surface area contributed by atoms with Gasteiger partial charge in [0, 0.05) is 10.0 Å². The van der Waals surface area contributed by atoms with Gasteiger partial charge in [-0.3, -0.25) is 0 Å². The number of ether oxygens (including phenoxy) is 2. The smallest absolute Gasteiger partial charge is 0.126 e. The van der Waals surface area contributed by atoms with E-state index in [9.17, 15) is 5.11 Å². The summed E-state index contributed by atoms with van der Waals surface area (Å²) in [5.41, 5.74) is 1.97. The van der Waals surface area contributed by atoms with E-state index < -0.39 is 6.10 Å². The van der Waals surface area contributed by atoms with Crippen molar-refractivity contribution in [1.82, 2.24) is 0 Å². The topological polar surface area (TPSA) is 43.1 Å². The van der Waals surface area contributed by atoms with Gasteiger partial charge in [-0.1, -0.05) is 47.5 Å². The van der Waals surface area contributed by atoms with Crippen molar-refractivity contribution in [3.63, 3.8) is 0 Å². The Hall–Kier alpha value is -1.14. The van der Waals surface area contributed by atoms with Crippen LogP contribution in [0.5, 0.6) is 0 Å². The summed E-state index contributed by atoms with van der Waals surface area (Å²) in [6.07, 6.45) is -0.415. The number of aliphatic hydroxyl groups excluding tert-OH is 1. The normalized spacial score (nSPS) is 23.7. The average molecular weight is 425 g/mol. The van der Waals surface area contributed by atoms with E-state index in [0.29, 0.717) is 16.6 Å². The van der Waals surface area contributed by atoms with Crippen molar-refractivity contribution >= 4 is 23.2 Å². The van der Waals surface area contributed by atoms with Gasteiger partial charge in [0.25, 0.3) is 0 Å². The summed E-state index contributed by atoms with van der Waals surface area (Å²) < 4.78 is 11.9. The zero-order valence-corrected chi connectivity index (χ0v) is 17.8. The first-order valence-corrected chi connectivity index (χ1v) is 10.5. The van der Waals surface area contributed by atoms with Crippen LogP contribution < -0.4 is 4.90 Å². The van der Waals surface area contributed by atoms with Crippen molar-refractivity contribution in [2.45, 2.75) is 38.3 Å². The maximum Gasteiger partial charge on any atom is 0.126 e. The number of quaternary nitrogens is 1. The minimum Gasteiger partial charge on any atom is -0.385 e. The van der Waals surface area contributed by atoms with E-state index in [4.69, 9.17) is 32.7 Å². The minimum atomic E-state index is -0.547. The van der Waals surface area contributed by atoms with Crippen LogP contribution >= 0.6 is 23.2 Å². The summed E-state index contributed by atoms with van der Waals surface area (Å²) in [5.74, 6) is 0. The Balaban J connectivity index is 1.65. The molecule has 4 atom stereocenters. The maximum absolute atomic E-state index is 10.6. The first kappa shape index (κ1) is 21.6. The van der Waals surface area contributed by atoms with Crippen LogP contribution in [0, 0.1) is 0 Å². The van der Waals surface area contributed by atoms with E-state index in [0.717, 1.165) is 24.2 Å². The zero-order valence-electron chi connectivity index (χ0n) is 16.3. The van der Waals surface area contributed by atoms with Gasteiger partial charge in [-0.2, -0.15) is 0 Å². The van der Waals surface area contributed by atoms with Gasteiger partial charge in [0.2, 0.25) is 0 Å². The third kappa shape index (κ3) is 6.18. The molecule has 0 spiro atoms. The molecule has 0 radical (unpaired) electrons. The molecule has 1 fully saturated rings. The Bertz CT molecular complexity index is 683. The van der Waals surface area contributed by atoms with Gasteiger partial charge in [0.05, 0.1) is 6.61 Å². The molecule has 3 rings (SSSR count). The first-order valence-electron chi connectivity index (χ1n) is 9.70. The van der Waals surface area contributed by atoms with Crippen molar-refractivity contribution in [2.24, 2.45) is 0 Å². The monoisotopic (exact) mass is 424 g/mol. The second-order valence-electron chi connectivity index (χ2n) is 7.59. The number of rotatable bonds is 7. The highest BCUT2D eigenvalue weighted by molar-refractivity contribution is 6.30. The highest BCUT2D eigenvalue weighted by atomic mass is 35.5. The number of hydrogen-bond donors (Lipinski definition) is 2. The van der Waals surface area contributed by atoms with Crippen LogP contribution in [0.4, 0.5) is 0 Å².